The maximum Gasteiger partial charge on any atom is 0.326 e. The molecule has 0 unspecified atom stereocenters. The predicted molar refractivity (Wildman–Crippen MR) is 252 cm³/mol. The molecule has 0 aliphatic heterocycles. The minimum absolute atomic E-state index is 0.0314. The van der Waals surface area contributed by atoms with Gasteiger partial charge >= 0.3 is 11.9 Å². The van der Waals surface area contributed by atoms with Crippen molar-refractivity contribution in [2.45, 2.75) is 231 Å². The normalized spacial score (nSPS) is 12.3. The molecule has 1 rings (SSSR count). The van der Waals surface area contributed by atoms with Gasteiger partial charge in [0.2, 0.25) is 27.7 Å². The van der Waals surface area contributed by atoms with Crippen LogP contribution in [0, 0.1) is 5.92 Å². The molecule has 0 bridgehead atoms. The molecule has 6 N–H and O–H groups in total. The lowest BCUT2D eigenvalue weighted by atomic mass is 9.94. The summed E-state index contributed by atoms with van der Waals surface area (Å²) < 4.78 is 26.8. The summed E-state index contributed by atoms with van der Waals surface area (Å²) in [6, 6.07) is -1.24. The molecule has 0 spiro atoms. The fourth-order valence-corrected chi connectivity index (χ4v) is 8.80. The van der Waals surface area contributed by atoms with E-state index in [-0.39, 0.29) is 81.0 Å². The number of carboxylic acid groups (broad SMARTS) is 2. The number of ketones is 2. The van der Waals surface area contributed by atoms with Gasteiger partial charge in [0.25, 0.3) is 0 Å². The molecule has 378 valence electrons. The number of nitrogens with zero attached hydrogens (tertiary/aromatic N) is 3. The second kappa shape index (κ2) is 38.8. The fraction of sp³-hybridized carbons (Fsp3) is 0.830. The molecule has 1 heterocycles. The smallest absolute Gasteiger partial charge is 0.326 e. The van der Waals surface area contributed by atoms with Crippen LogP contribution in [0.25, 0.3) is 0 Å². The summed E-state index contributed by atoms with van der Waals surface area (Å²) in [4.78, 5) is 84.2. The van der Waals surface area contributed by atoms with E-state index in [1.807, 2.05) is 6.92 Å². The van der Waals surface area contributed by atoms with Crippen molar-refractivity contribution in [1.29, 1.82) is 0 Å². The van der Waals surface area contributed by atoms with Gasteiger partial charge in [0, 0.05) is 57.9 Å². The van der Waals surface area contributed by atoms with Crippen LogP contribution in [0.2, 0.25) is 0 Å². The van der Waals surface area contributed by atoms with Gasteiger partial charge in [-0.05, 0) is 51.4 Å². The number of carbonyl (C=O) groups is 7. The lowest BCUT2D eigenvalue weighted by molar-refractivity contribution is -0.145. The Bertz CT molecular complexity index is 1630. The molecule has 0 saturated heterocycles. The highest BCUT2D eigenvalue weighted by Gasteiger charge is 2.25. The van der Waals surface area contributed by atoms with Crippen molar-refractivity contribution >= 4 is 51.2 Å². The van der Waals surface area contributed by atoms with Crippen LogP contribution < -0.4 is 15.4 Å². The molecule has 18 nitrogen and oxygen atoms in total. The number of aromatic amines is 1. The molecular weight excluding hydrogens is 871 g/mol. The first-order valence-electron chi connectivity index (χ1n) is 25.0. The van der Waals surface area contributed by atoms with Gasteiger partial charge in [-0.3, -0.25) is 33.5 Å². The highest BCUT2D eigenvalue weighted by molar-refractivity contribution is 7.90. The summed E-state index contributed by atoms with van der Waals surface area (Å²) in [5, 5.41) is 38.1. The Morgan fingerprint density at radius 1 is 0.561 bits per heavy atom. The molecule has 0 saturated carbocycles. The molecular formula is C47H83N7O11S. The highest BCUT2D eigenvalue weighted by atomic mass is 32.2. The molecule has 3 amide bonds. The third-order valence-electron chi connectivity index (χ3n) is 11.7. The molecule has 2 atom stereocenters. The third kappa shape index (κ3) is 35.0. The van der Waals surface area contributed by atoms with E-state index in [2.05, 4.69) is 36.0 Å². The maximum atomic E-state index is 12.5. The number of H-pyrrole nitrogens is 1. The SMILES string of the molecule is CCCC(=O)CC[C@H](NC(=O)CC[C@H](CC(=O)CCCCCCCCCCCNC(=O)CCCS(=O)(=O)NC(=O)CCCCCCCCCCCCCCCc1nn[nH]n1)C(=O)O)C(=O)O. The van der Waals surface area contributed by atoms with Crippen molar-refractivity contribution < 1.29 is 52.2 Å². The standard InChI is InChI=1S/C47H83N7O11S/c1-2-26-39(55)32-33-41(47(62)63)49-44(58)34-31-38(46(60)61)37-40(56)27-21-17-13-9-8-12-16-20-24-35-48-43(57)30-25-36-66(64,65)52-45(59)29-23-19-15-11-7-5-3-4-6-10-14-18-22-28-42-50-53-54-51-42/h38,41H,2-37H2,1H3,(H,48,57)(H,49,58)(H,52,59)(H,60,61)(H,62,63)(H,50,51,53,54)/t38-,41+/m1/s1. The van der Waals surface area contributed by atoms with Gasteiger partial charge in [-0.2, -0.15) is 5.21 Å². The fourth-order valence-electron chi connectivity index (χ4n) is 7.73. The lowest BCUT2D eigenvalue weighted by Crippen LogP contribution is -2.41. The maximum absolute atomic E-state index is 12.5. The summed E-state index contributed by atoms with van der Waals surface area (Å²) in [5.74, 6) is -4.56. The van der Waals surface area contributed by atoms with Gasteiger partial charge < -0.3 is 20.8 Å². The Labute approximate surface area is 393 Å². The zero-order valence-electron chi connectivity index (χ0n) is 39.9. The van der Waals surface area contributed by atoms with Crippen molar-refractivity contribution in [1.82, 2.24) is 36.0 Å². The van der Waals surface area contributed by atoms with E-state index < -0.39 is 45.7 Å². The van der Waals surface area contributed by atoms with Gasteiger partial charge in [0.05, 0.1) is 11.7 Å². The van der Waals surface area contributed by atoms with Gasteiger partial charge in [-0.25, -0.2) is 13.2 Å². The highest BCUT2D eigenvalue weighted by Crippen LogP contribution is 2.18. The molecule has 0 aliphatic rings. The quantitative estimate of drug-likeness (QED) is 0.0343. The zero-order valence-corrected chi connectivity index (χ0v) is 40.7. The molecule has 0 aliphatic carbocycles. The number of carbonyl (C=O) groups excluding carboxylic acids is 5. The van der Waals surface area contributed by atoms with Crippen LogP contribution in [0.5, 0.6) is 0 Å². The average molecular weight is 954 g/mol. The number of hydrogen-bond acceptors (Lipinski definition) is 12. The van der Waals surface area contributed by atoms with E-state index >= 15 is 0 Å². The lowest BCUT2D eigenvalue weighted by Gasteiger charge is -2.15. The summed E-state index contributed by atoms with van der Waals surface area (Å²) in [6.45, 7) is 2.36. The Kier molecular flexibility index (Phi) is 35.1. The van der Waals surface area contributed by atoms with E-state index in [0.29, 0.717) is 32.2 Å². The summed E-state index contributed by atoms with van der Waals surface area (Å²) in [6.07, 6.45) is 25.0. The largest absolute Gasteiger partial charge is 0.481 e. The number of amides is 3. The van der Waals surface area contributed by atoms with E-state index in [1.165, 1.54) is 51.4 Å². The molecule has 1 aromatic rings. The Morgan fingerprint density at radius 2 is 1.09 bits per heavy atom. The molecule has 0 fully saturated rings. The van der Waals surface area contributed by atoms with Crippen molar-refractivity contribution in [3.8, 4) is 0 Å². The number of Topliss-reactive ketones (excluding diaryl/α,β-unsaturated/α-hetero) is 2. The third-order valence-corrected chi connectivity index (χ3v) is 13.0. The van der Waals surface area contributed by atoms with Crippen molar-refractivity contribution in [3.63, 3.8) is 0 Å². The van der Waals surface area contributed by atoms with Gasteiger partial charge in [0.1, 0.15) is 17.6 Å². The number of rotatable bonds is 46. The predicted octanol–water partition coefficient (Wildman–Crippen LogP) is 7.61. The van der Waals surface area contributed by atoms with Gasteiger partial charge in [0.15, 0.2) is 5.82 Å². The Hall–Kier alpha value is -4.29. The number of tetrazole rings is 1. The second-order valence-corrected chi connectivity index (χ2v) is 19.6. The summed E-state index contributed by atoms with van der Waals surface area (Å²) >= 11 is 0. The molecule has 0 radical (unpaired) electrons. The van der Waals surface area contributed by atoms with Gasteiger partial charge in [-0.1, -0.05) is 128 Å². The van der Waals surface area contributed by atoms with E-state index in [1.54, 1.807) is 0 Å². The van der Waals surface area contributed by atoms with Crippen LogP contribution in [0.3, 0.4) is 0 Å². The first-order chi connectivity index (χ1) is 31.7. The van der Waals surface area contributed by atoms with E-state index in [4.69, 9.17) is 0 Å². The van der Waals surface area contributed by atoms with Crippen molar-refractivity contribution in [2.24, 2.45) is 5.92 Å². The molecule has 66 heavy (non-hydrogen) atoms. The van der Waals surface area contributed by atoms with Crippen LogP contribution in [0.15, 0.2) is 0 Å². The van der Waals surface area contributed by atoms with E-state index in [9.17, 15) is 52.2 Å². The van der Waals surface area contributed by atoms with E-state index in [0.717, 1.165) is 89.3 Å². The number of aryl methyl sites for hydroxylation is 1. The number of nitrogens with one attached hydrogen (secondary N) is 4. The van der Waals surface area contributed by atoms with Gasteiger partial charge in [-0.15, -0.1) is 10.2 Å². The minimum Gasteiger partial charge on any atom is -0.481 e. The number of unbranched alkanes of at least 4 members (excludes halogenated alkanes) is 20. The number of hydrogen-bond donors (Lipinski definition) is 6. The summed E-state index contributed by atoms with van der Waals surface area (Å²) in [5.41, 5.74) is 0. The van der Waals surface area contributed by atoms with Crippen LogP contribution >= 0.6 is 0 Å². The molecule has 0 aromatic carbocycles. The van der Waals surface area contributed by atoms with Crippen LogP contribution in [-0.4, -0.2) is 98.8 Å². The average Bonchev–Trinajstić information content (AvgIpc) is 3.79. The molecule has 1 aromatic heterocycles. The number of sulfonamides is 1. The number of aliphatic carboxylic acids is 2. The minimum atomic E-state index is -3.78. The van der Waals surface area contributed by atoms with Crippen molar-refractivity contribution in [2.75, 3.05) is 12.3 Å². The number of carboxylic acids is 2. The van der Waals surface area contributed by atoms with Crippen LogP contribution in [-0.2, 0) is 50.0 Å². The Balaban J connectivity index is 1.97. The second-order valence-electron chi connectivity index (χ2n) is 17.8. The Morgan fingerprint density at radius 3 is 1.62 bits per heavy atom. The first kappa shape index (κ1) is 59.7. The van der Waals surface area contributed by atoms with Crippen LogP contribution in [0.4, 0.5) is 0 Å². The van der Waals surface area contributed by atoms with Crippen LogP contribution in [0.1, 0.15) is 225 Å². The van der Waals surface area contributed by atoms with Crippen molar-refractivity contribution in [3.05, 3.63) is 5.82 Å². The number of aromatic nitrogens is 4. The topological polar surface area (TPSA) is 285 Å². The monoisotopic (exact) mass is 954 g/mol. The molecule has 19 heteroatoms. The first-order valence-corrected chi connectivity index (χ1v) is 26.7. The zero-order chi connectivity index (χ0) is 48.7. The summed E-state index contributed by atoms with van der Waals surface area (Å²) in [7, 11) is -3.78.